The van der Waals surface area contributed by atoms with Gasteiger partial charge in [-0.3, -0.25) is 0 Å². The van der Waals surface area contributed by atoms with Gasteiger partial charge in [-0.1, -0.05) is 6.92 Å². The van der Waals surface area contributed by atoms with Crippen LogP contribution in [0.5, 0.6) is 0 Å². The summed E-state index contributed by atoms with van der Waals surface area (Å²) in [4.78, 5) is 12.4. The van der Waals surface area contributed by atoms with E-state index in [9.17, 15) is 0 Å². The van der Waals surface area contributed by atoms with Crippen molar-refractivity contribution >= 4 is 16.7 Å². The summed E-state index contributed by atoms with van der Waals surface area (Å²) >= 11 is 1.41. The second-order valence-electron chi connectivity index (χ2n) is 4.54. The van der Waals surface area contributed by atoms with E-state index < -0.39 is 0 Å². The lowest BCUT2D eigenvalue weighted by Gasteiger charge is -2.07. The Labute approximate surface area is 110 Å². The smallest absolute Gasteiger partial charge is 0.202 e. The zero-order valence-corrected chi connectivity index (χ0v) is 11.3. The number of H-pyrrole nitrogens is 1. The van der Waals surface area contributed by atoms with Crippen LogP contribution >= 0.6 is 11.5 Å². The molecule has 0 aromatic carbocycles. The van der Waals surface area contributed by atoms with Gasteiger partial charge in [-0.25, -0.2) is 9.97 Å². The maximum atomic E-state index is 4.63. The van der Waals surface area contributed by atoms with Crippen LogP contribution in [-0.2, 0) is 25.8 Å². The zero-order chi connectivity index (χ0) is 12.4. The Hall–Kier alpha value is -1.43. The van der Waals surface area contributed by atoms with Crippen LogP contribution in [0.1, 0.15) is 42.8 Å². The number of aromatic amines is 1. The number of imidazole rings is 1. The third kappa shape index (κ3) is 2.38. The van der Waals surface area contributed by atoms with Crippen molar-refractivity contribution < 1.29 is 0 Å². The fraction of sp³-hybridized carbons (Fsp3) is 0.583. The van der Waals surface area contributed by atoms with Crippen molar-refractivity contribution in [2.75, 3.05) is 5.32 Å². The van der Waals surface area contributed by atoms with Gasteiger partial charge >= 0.3 is 0 Å². The Morgan fingerprint density at radius 3 is 2.94 bits per heavy atom. The molecule has 1 aliphatic rings. The molecule has 0 atom stereocenters. The highest BCUT2D eigenvalue weighted by Crippen LogP contribution is 2.19. The van der Waals surface area contributed by atoms with Crippen molar-refractivity contribution in [3.8, 4) is 0 Å². The predicted octanol–water partition coefficient (Wildman–Crippen LogP) is 2.31. The lowest BCUT2D eigenvalue weighted by molar-refractivity contribution is 0.667. The Morgan fingerprint density at radius 2 is 2.17 bits per heavy atom. The van der Waals surface area contributed by atoms with Gasteiger partial charge < -0.3 is 10.3 Å². The van der Waals surface area contributed by atoms with E-state index in [0.717, 1.165) is 36.0 Å². The first-order valence-corrected chi connectivity index (χ1v) is 7.25. The van der Waals surface area contributed by atoms with E-state index in [4.69, 9.17) is 0 Å². The highest BCUT2D eigenvalue weighted by molar-refractivity contribution is 7.09. The average molecular weight is 263 g/mol. The number of hydrogen-bond acceptors (Lipinski definition) is 5. The van der Waals surface area contributed by atoms with Gasteiger partial charge in [0.05, 0.1) is 12.2 Å². The summed E-state index contributed by atoms with van der Waals surface area (Å²) in [7, 11) is 0. The van der Waals surface area contributed by atoms with Crippen molar-refractivity contribution in [1.29, 1.82) is 0 Å². The summed E-state index contributed by atoms with van der Waals surface area (Å²) in [5.74, 6) is 1.91. The minimum Gasteiger partial charge on any atom is -0.353 e. The normalized spacial score (nSPS) is 14.5. The minimum absolute atomic E-state index is 0.700. The van der Waals surface area contributed by atoms with E-state index in [1.165, 1.54) is 35.8 Å². The highest BCUT2D eigenvalue weighted by atomic mass is 32.1. The van der Waals surface area contributed by atoms with Gasteiger partial charge in [0.1, 0.15) is 11.6 Å². The van der Waals surface area contributed by atoms with E-state index in [2.05, 4.69) is 31.6 Å². The molecule has 2 heterocycles. The fourth-order valence-electron chi connectivity index (χ4n) is 2.22. The minimum atomic E-state index is 0.700. The molecule has 0 fully saturated rings. The Kier molecular flexibility index (Phi) is 3.27. The zero-order valence-electron chi connectivity index (χ0n) is 10.5. The first kappa shape index (κ1) is 11.6. The molecule has 0 saturated carbocycles. The topological polar surface area (TPSA) is 66.5 Å². The molecule has 0 radical (unpaired) electrons. The number of fused-ring (bicyclic) bond motifs is 1. The molecule has 2 N–H and O–H groups in total. The van der Waals surface area contributed by atoms with Crippen LogP contribution in [0.25, 0.3) is 0 Å². The molecule has 3 rings (SSSR count). The number of nitrogens with zero attached hydrogens (tertiary/aromatic N) is 3. The second-order valence-corrected chi connectivity index (χ2v) is 5.29. The molecule has 96 valence electrons. The summed E-state index contributed by atoms with van der Waals surface area (Å²) in [6.45, 7) is 2.76. The summed E-state index contributed by atoms with van der Waals surface area (Å²) in [5.41, 5.74) is 2.58. The predicted molar refractivity (Wildman–Crippen MR) is 71.8 cm³/mol. The second kappa shape index (κ2) is 5.06. The molecule has 2 aromatic rings. The SMILES string of the molecule is CCc1nsc(NCc2nc3c([nH]2)CCCC3)n1. The van der Waals surface area contributed by atoms with Gasteiger partial charge in [-0.15, -0.1) is 0 Å². The van der Waals surface area contributed by atoms with Crippen molar-refractivity contribution in [3.05, 3.63) is 23.0 Å². The number of hydrogen-bond donors (Lipinski definition) is 2. The monoisotopic (exact) mass is 263 g/mol. The lowest BCUT2D eigenvalue weighted by atomic mass is 10.0. The fourth-order valence-corrected chi connectivity index (χ4v) is 2.87. The van der Waals surface area contributed by atoms with Crippen molar-refractivity contribution in [2.45, 2.75) is 45.6 Å². The molecule has 0 spiro atoms. The molecule has 0 saturated heterocycles. The van der Waals surface area contributed by atoms with E-state index in [1.54, 1.807) is 0 Å². The number of rotatable bonds is 4. The number of aromatic nitrogens is 4. The number of nitrogens with one attached hydrogen (secondary N) is 2. The summed E-state index contributed by atoms with van der Waals surface area (Å²) in [6, 6.07) is 0. The molecular formula is C12H17N5S. The van der Waals surface area contributed by atoms with Crippen LogP contribution < -0.4 is 5.32 Å². The quantitative estimate of drug-likeness (QED) is 0.888. The summed E-state index contributed by atoms with van der Waals surface area (Å²) in [6.07, 6.45) is 5.68. The molecule has 0 aliphatic heterocycles. The molecule has 6 heteroatoms. The van der Waals surface area contributed by atoms with Crippen LogP contribution in [-0.4, -0.2) is 19.3 Å². The summed E-state index contributed by atoms with van der Waals surface area (Å²) < 4.78 is 4.25. The Bertz CT molecular complexity index is 507. The average Bonchev–Trinajstić information content (AvgIpc) is 3.02. The van der Waals surface area contributed by atoms with E-state index in [1.807, 2.05) is 0 Å². The van der Waals surface area contributed by atoms with Crippen LogP contribution in [0.4, 0.5) is 5.13 Å². The first-order chi connectivity index (χ1) is 8.85. The third-order valence-electron chi connectivity index (χ3n) is 3.20. The van der Waals surface area contributed by atoms with E-state index >= 15 is 0 Å². The number of anilines is 1. The number of aryl methyl sites for hydroxylation is 3. The van der Waals surface area contributed by atoms with E-state index in [-0.39, 0.29) is 0 Å². The largest absolute Gasteiger partial charge is 0.353 e. The molecule has 5 nitrogen and oxygen atoms in total. The molecule has 18 heavy (non-hydrogen) atoms. The molecule has 1 aliphatic carbocycles. The molecule has 0 amide bonds. The Morgan fingerprint density at radius 1 is 1.28 bits per heavy atom. The van der Waals surface area contributed by atoms with Crippen molar-refractivity contribution in [1.82, 2.24) is 19.3 Å². The van der Waals surface area contributed by atoms with Crippen molar-refractivity contribution in [3.63, 3.8) is 0 Å². The van der Waals surface area contributed by atoms with Gasteiger partial charge in [0.2, 0.25) is 5.13 Å². The molecule has 0 unspecified atom stereocenters. The van der Waals surface area contributed by atoms with Gasteiger partial charge in [0.25, 0.3) is 0 Å². The molecule has 2 aromatic heterocycles. The van der Waals surface area contributed by atoms with Crippen LogP contribution in [0.2, 0.25) is 0 Å². The van der Waals surface area contributed by atoms with Crippen LogP contribution in [0.3, 0.4) is 0 Å². The third-order valence-corrected chi connectivity index (χ3v) is 3.91. The summed E-state index contributed by atoms with van der Waals surface area (Å²) in [5, 5.41) is 4.15. The lowest BCUT2D eigenvalue weighted by Crippen LogP contribution is -2.01. The first-order valence-electron chi connectivity index (χ1n) is 6.48. The maximum Gasteiger partial charge on any atom is 0.202 e. The van der Waals surface area contributed by atoms with E-state index in [0.29, 0.717) is 6.54 Å². The van der Waals surface area contributed by atoms with Gasteiger partial charge in [-0.2, -0.15) is 4.37 Å². The van der Waals surface area contributed by atoms with Gasteiger partial charge in [-0.05, 0) is 25.7 Å². The van der Waals surface area contributed by atoms with Gasteiger partial charge in [0, 0.05) is 23.6 Å². The Balaban J connectivity index is 1.64. The standard InChI is InChI=1S/C12H17N5S/c1-2-10-16-12(18-17-10)13-7-11-14-8-5-3-4-6-9(8)15-11/h2-7H2,1H3,(H,14,15)(H,13,16,17). The van der Waals surface area contributed by atoms with Crippen LogP contribution in [0.15, 0.2) is 0 Å². The van der Waals surface area contributed by atoms with Gasteiger partial charge in [0.15, 0.2) is 0 Å². The maximum absolute atomic E-state index is 4.63. The van der Waals surface area contributed by atoms with Crippen LogP contribution in [0, 0.1) is 0 Å². The highest BCUT2D eigenvalue weighted by Gasteiger charge is 2.14. The molecular weight excluding hydrogens is 246 g/mol. The van der Waals surface area contributed by atoms with Crippen molar-refractivity contribution in [2.24, 2.45) is 0 Å². The molecule has 0 bridgehead atoms.